The minimum Gasteiger partial charge on any atom is -0.410 e. The molecule has 0 saturated heterocycles. The summed E-state index contributed by atoms with van der Waals surface area (Å²) in [4.78, 5) is 29.2. The predicted octanol–water partition coefficient (Wildman–Crippen LogP) is 1.51. The van der Waals surface area contributed by atoms with Gasteiger partial charge in [-0.15, -0.1) is 0 Å². The van der Waals surface area contributed by atoms with Crippen LogP contribution in [0.2, 0.25) is 0 Å². The van der Waals surface area contributed by atoms with Crippen molar-refractivity contribution in [2.24, 2.45) is 5.16 Å². The molecule has 1 N–H and O–H groups in total. The fourth-order valence-corrected chi connectivity index (χ4v) is 2.95. The van der Waals surface area contributed by atoms with Crippen molar-refractivity contribution in [1.29, 1.82) is 0 Å². The summed E-state index contributed by atoms with van der Waals surface area (Å²) in [6, 6.07) is 15.8. The number of hydrogen-bond donors (Lipinski definition) is 1. The van der Waals surface area contributed by atoms with Crippen LogP contribution in [0.4, 0.5) is 0 Å². The first-order chi connectivity index (χ1) is 11.2. The Labute approximate surface area is 129 Å². The van der Waals surface area contributed by atoms with Crippen LogP contribution >= 0.6 is 0 Å². The average Bonchev–Trinajstić information content (AvgIpc) is 2.94. The monoisotopic (exact) mass is 302 g/mol. The van der Waals surface area contributed by atoms with E-state index in [2.05, 4.69) is 10.1 Å². The fraction of sp³-hybridized carbons (Fsp3) is 0. The molecule has 5 nitrogen and oxygen atoms in total. The van der Waals surface area contributed by atoms with Crippen molar-refractivity contribution < 1.29 is 5.21 Å². The first-order valence-electron chi connectivity index (χ1n) is 7.02. The van der Waals surface area contributed by atoms with Gasteiger partial charge in [-0.25, -0.2) is 4.98 Å². The number of benzene rings is 2. The molecule has 110 valence electrons. The molecule has 0 atom stereocenters. The molecule has 0 bridgehead atoms. The molecule has 5 heteroatoms. The van der Waals surface area contributed by atoms with Gasteiger partial charge >= 0.3 is 0 Å². The molecule has 2 aromatic carbocycles. The summed E-state index contributed by atoms with van der Waals surface area (Å²) in [5.41, 5.74) is 0.160. The molecule has 0 radical (unpaired) electrons. The van der Waals surface area contributed by atoms with Crippen LogP contribution in [0.1, 0.15) is 0 Å². The van der Waals surface area contributed by atoms with Crippen LogP contribution in [0.5, 0.6) is 0 Å². The van der Waals surface area contributed by atoms with Crippen molar-refractivity contribution in [2.45, 2.75) is 0 Å². The highest BCUT2D eigenvalue weighted by molar-refractivity contribution is 5.83. The summed E-state index contributed by atoms with van der Waals surface area (Å²) < 4.78 is 0. The average molecular weight is 302 g/mol. The normalized spacial score (nSPS) is 12.3. The molecule has 0 saturated carbocycles. The topological polar surface area (TPSA) is 79.6 Å². The van der Waals surface area contributed by atoms with Gasteiger partial charge in [-0.3, -0.25) is 9.59 Å². The molecule has 1 aliphatic heterocycles. The summed E-state index contributed by atoms with van der Waals surface area (Å²) >= 11 is 0. The highest BCUT2D eigenvalue weighted by atomic mass is 16.4. The third-order valence-electron chi connectivity index (χ3n) is 3.95. The van der Waals surface area contributed by atoms with Gasteiger partial charge in [-0.1, -0.05) is 59.8 Å². The quantitative estimate of drug-likeness (QED) is 0.427. The smallest absolute Gasteiger partial charge is 0.280 e. The van der Waals surface area contributed by atoms with E-state index in [1.807, 2.05) is 18.2 Å². The predicted molar refractivity (Wildman–Crippen MR) is 84.7 cm³/mol. The molecule has 4 rings (SSSR count). The molecule has 23 heavy (non-hydrogen) atoms. The van der Waals surface area contributed by atoms with E-state index >= 15 is 0 Å². The van der Waals surface area contributed by atoms with Gasteiger partial charge in [-0.2, -0.15) is 0 Å². The zero-order valence-electron chi connectivity index (χ0n) is 11.9. The summed E-state index contributed by atoms with van der Waals surface area (Å²) in [6.07, 6.45) is 0. The maximum absolute atomic E-state index is 12.9. The van der Waals surface area contributed by atoms with Crippen LogP contribution in [-0.4, -0.2) is 10.2 Å². The molecular formula is C18H10N2O3. The van der Waals surface area contributed by atoms with E-state index in [-0.39, 0.29) is 21.2 Å². The van der Waals surface area contributed by atoms with Crippen molar-refractivity contribution in [2.75, 3.05) is 0 Å². The Hall–Kier alpha value is -3.34. The van der Waals surface area contributed by atoms with E-state index in [4.69, 9.17) is 0 Å². The summed E-state index contributed by atoms with van der Waals surface area (Å²) in [5, 5.41) is 13.8. The Morgan fingerprint density at radius 3 is 2.17 bits per heavy atom. The third-order valence-corrected chi connectivity index (χ3v) is 3.95. The number of nitrogens with zero attached hydrogens (tertiary/aromatic N) is 2. The Morgan fingerprint density at radius 1 is 0.826 bits per heavy atom. The van der Waals surface area contributed by atoms with Crippen LogP contribution in [0.25, 0.3) is 22.0 Å². The van der Waals surface area contributed by atoms with Crippen molar-refractivity contribution in [3.05, 3.63) is 91.0 Å². The summed E-state index contributed by atoms with van der Waals surface area (Å²) in [6.45, 7) is 0. The first-order valence-corrected chi connectivity index (χ1v) is 7.02. The van der Waals surface area contributed by atoms with Crippen LogP contribution in [0.15, 0.2) is 69.3 Å². The van der Waals surface area contributed by atoms with Gasteiger partial charge in [0.1, 0.15) is 5.36 Å². The van der Waals surface area contributed by atoms with Crippen molar-refractivity contribution >= 4 is 10.8 Å². The maximum atomic E-state index is 12.9. The molecule has 0 fully saturated rings. The van der Waals surface area contributed by atoms with Gasteiger partial charge in [0.05, 0.1) is 16.1 Å². The zero-order valence-corrected chi connectivity index (χ0v) is 11.9. The van der Waals surface area contributed by atoms with E-state index in [0.29, 0.717) is 22.0 Å². The van der Waals surface area contributed by atoms with Gasteiger partial charge in [0.2, 0.25) is 0 Å². The third kappa shape index (κ3) is 1.80. The van der Waals surface area contributed by atoms with Crippen LogP contribution in [0, 0.1) is 10.4 Å². The summed E-state index contributed by atoms with van der Waals surface area (Å²) in [7, 11) is 0. The molecular weight excluding hydrogens is 292 g/mol. The maximum Gasteiger partial charge on any atom is 0.280 e. The second-order valence-corrected chi connectivity index (χ2v) is 5.20. The lowest BCUT2D eigenvalue weighted by molar-refractivity contribution is 0.302. The largest absolute Gasteiger partial charge is 0.410 e. The van der Waals surface area contributed by atoms with E-state index in [1.165, 1.54) is 0 Å². The van der Waals surface area contributed by atoms with E-state index in [1.54, 1.807) is 36.4 Å². The van der Waals surface area contributed by atoms with Gasteiger partial charge in [0, 0.05) is 16.3 Å². The molecule has 2 aromatic rings. The minimum absolute atomic E-state index is 0.0649. The minimum atomic E-state index is -0.561. The van der Waals surface area contributed by atoms with Gasteiger partial charge in [-0.05, 0) is 0 Å². The van der Waals surface area contributed by atoms with Crippen molar-refractivity contribution in [1.82, 2.24) is 4.98 Å². The van der Waals surface area contributed by atoms with Gasteiger partial charge < -0.3 is 5.21 Å². The number of rotatable bonds is 1. The zero-order chi connectivity index (χ0) is 16.0. The van der Waals surface area contributed by atoms with E-state index < -0.39 is 5.56 Å². The van der Waals surface area contributed by atoms with E-state index in [0.717, 1.165) is 0 Å². The summed E-state index contributed by atoms with van der Waals surface area (Å²) in [5.74, 6) is 0. The lowest BCUT2D eigenvalue weighted by Gasteiger charge is -1.99. The van der Waals surface area contributed by atoms with Gasteiger partial charge in [0.15, 0.2) is 5.43 Å². The van der Waals surface area contributed by atoms with Crippen LogP contribution < -0.4 is 16.3 Å². The van der Waals surface area contributed by atoms with Crippen LogP contribution in [0.3, 0.4) is 0 Å². The Morgan fingerprint density at radius 2 is 1.48 bits per heavy atom. The highest BCUT2D eigenvalue weighted by Crippen LogP contribution is 2.17. The van der Waals surface area contributed by atoms with Crippen molar-refractivity contribution in [3.63, 3.8) is 0 Å². The molecule has 0 spiro atoms. The number of fused-ring (bicyclic) bond motifs is 1. The second kappa shape index (κ2) is 4.84. The second-order valence-electron chi connectivity index (χ2n) is 5.20. The molecule has 0 aromatic heterocycles. The number of hydrogen-bond acceptors (Lipinski definition) is 5. The number of aromatic nitrogens is 1. The molecule has 0 unspecified atom stereocenters. The Kier molecular flexibility index (Phi) is 2.81. The Balaban J connectivity index is 2.39. The SMILES string of the molecule is O=c1nc(-c2ccccc2)c2c(=O)c3ccccc3c(=NO)c1=2. The molecule has 1 aliphatic carbocycles. The fourth-order valence-electron chi connectivity index (χ4n) is 2.95. The lowest BCUT2D eigenvalue weighted by atomic mass is 10.0. The first kappa shape index (κ1) is 13.3. The lowest BCUT2D eigenvalue weighted by Crippen LogP contribution is -2.20. The van der Waals surface area contributed by atoms with Gasteiger partial charge in [0.25, 0.3) is 5.56 Å². The highest BCUT2D eigenvalue weighted by Gasteiger charge is 2.16. The van der Waals surface area contributed by atoms with E-state index in [9.17, 15) is 14.8 Å². The molecule has 0 amide bonds. The van der Waals surface area contributed by atoms with Crippen LogP contribution in [-0.2, 0) is 0 Å². The van der Waals surface area contributed by atoms with Crippen molar-refractivity contribution in [3.8, 4) is 11.3 Å². The Bertz CT molecular complexity index is 1250. The molecule has 2 aliphatic rings. The standard InChI is InChI=1S/C18H10N2O3/c21-17-12-9-5-4-8-11(12)16(20-23)14-13(17)15(19-18(14)22)10-6-2-1-3-7-10/h1-9,23H. The molecule has 1 heterocycles.